The second kappa shape index (κ2) is 30.5. The topological polar surface area (TPSA) is 353 Å². The fourth-order valence-corrected chi connectivity index (χ4v) is 10.7. The number of hydrogen-bond donors (Lipinski definition) is 9. The third kappa shape index (κ3) is 16.7. The van der Waals surface area contributed by atoms with Crippen LogP contribution >= 0.6 is 0 Å². The van der Waals surface area contributed by atoms with Gasteiger partial charge in [0.15, 0.2) is 49.8 Å². The van der Waals surface area contributed by atoms with Gasteiger partial charge in [0.1, 0.15) is 79.4 Å². The molecule has 6 rings (SSSR count). The zero-order valence-corrected chi connectivity index (χ0v) is 47.1. The van der Waals surface area contributed by atoms with E-state index >= 15 is 0 Å². The fraction of sp³-hybridized carbons (Fsp3) is 0.944. The largest absolute Gasteiger partial charge is 0.457 e. The van der Waals surface area contributed by atoms with Crippen molar-refractivity contribution >= 4 is 17.9 Å². The molecule has 25 heteroatoms. The summed E-state index contributed by atoms with van der Waals surface area (Å²) < 4.78 is 80.8. The van der Waals surface area contributed by atoms with E-state index in [1.165, 1.54) is 34.6 Å². The van der Waals surface area contributed by atoms with Crippen LogP contribution in [0.1, 0.15) is 146 Å². The summed E-state index contributed by atoms with van der Waals surface area (Å²) >= 11 is 0. The smallest absolute Gasteiger partial charge is 0.308 e. The molecule has 79 heavy (non-hydrogen) atoms. The van der Waals surface area contributed by atoms with Crippen LogP contribution in [-0.4, -0.2) is 230 Å². The van der Waals surface area contributed by atoms with Crippen LogP contribution in [0, 0.1) is 11.8 Å². The summed E-state index contributed by atoms with van der Waals surface area (Å²) in [4.78, 5) is 40.3. The fourth-order valence-electron chi connectivity index (χ4n) is 10.7. The number of esters is 3. The van der Waals surface area contributed by atoms with E-state index in [1.54, 1.807) is 20.8 Å². The van der Waals surface area contributed by atoms with Crippen LogP contribution in [0.15, 0.2) is 0 Å². The molecule has 0 aliphatic carbocycles. The number of unbranched alkanes of at least 4 members (excludes halogenated alkanes) is 2. The van der Waals surface area contributed by atoms with Crippen molar-refractivity contribution in [2.75, 3.05) is 6.61 Å². The first-order valence-corrected chi connectivity index (χ1v) is 28.7. The first-order valence-electron chi connectivity index (χ1n) is 28.7. The predicted octanol–water partition coefficient (Wildman–Crippen LogP) is 0.648. The molecule has 6 fully saturated rings. The lowest BCUT2D eigenvalue weighted by molar-refractivity contribution is -0.400. The van der Waals surface area contributed by atoms with E-state index in [9.17, 15) is 60.3 Å². The van der Waals surface area contributed by atoms with Crippen LogP contribution in [0.5, 0.6) is 0 Å². The standard InChI is InChI=1S/C54H92O25/c1-10-11-17-20-30-21-18-15-13-12-14-16-19-22-32(56)73-44-40(64)52(78-45-36(60)33(57)26(6)67-53(45)71-30)69-28(8)42(44)77-54-47(75-49(66)25(4)5)46(79-51-38(62)35(59)34(58)31(23-55)72-51)43(29(9)70-54)76-50-39(63)37(61)41(27(7)68-50)74-48(65)24(2)3/h24-31,33-47,50-55,57-64H,10-23H2,1-9H3/t26-,27+,28+,29+,30+,31-,33+,34-,35+,36+,37+,38-,39-,40-,41+,42+,43+,44+,45-,46-,47-,50+,51+,52+,53+,54+/m1/s1. The second-order valence-electron chi connectivity index (χ2n) is 22.7. The van der Waals surface area contributed by atoms with E-state index < -0.39 is 190 Å². The molecule has 458 valence electrons. The Hall–Kier alpha value is -2.35. The molecule has 6 heterocycles. The molecule has 25 nitrogen and oxygen atoms in total. The van der Waals surface area contributed by atoms with Crippen molar-refractivity contribution in [3.8, 4) is 0 Å². The molecule has 0 spiro atoms. The summed E-state index contributed by atoms with van der Waals surface area (Å²) in [6.07, 6.45) is -30.0. The minimum absolute atomic E-state index is 0.0474. The van der Waals surface area contributed by atoms with E-state index in [-0.39, 0.29) is 12.5 Å². The van der Waals surface area contributed by atoms with Gasteiger partial charge >= 0.3 is 17.9 Å². The number of rotatable bonds is 15. The van der Waals surface area contributed by atoms with E-state index in [2.05, 4.69) is 6.92 Å². The van der Waals surface area contributed by atoms with E-state index in [4.69, 9.17) is 61.6 Å². The molecule has 6 aliphatic heterocycles. The highest BCUT2D eigenvalue weighted by molar-refractivity contribution is 5.72. The lowest BCUT2D eigenvalue weighted by Gasteiger charge is -2.51. The zero-order valence-electron chi connectivity index (χ0n) is 47.1. The van der Waals surface area contributed by atoms with Crippen molar-refractivity contribution in [2.45, 2.75) is 305 Å². The molecule has 0 amide bonds. The van der Waals surface area contributed by atoms with Crippen LogP contribution < -0.4 is 0 Å². The summed E-state index contributed by atoms with van der Waals surface area (Å²) in [5.41, 5.74) is 0. The van der Waals surface area contributed by atoms with Gasteiger partial charge in [0, 0.05) is 6.42 Å². The molecular formula is C54H92O25. The maximum Gasteiger partial charge on any atom is 0.308 e. The molecule has 0 unspecified atom stereocenters. The van der Waals surface area contributed by atoms with Crippen LogP contribution in [0.4, 0.5) is 0 Å². The summed E-state index contributed by atoms with van der Waals surface area (Å²) in [6.45, 7) is 13.5. The Kier molecular flexibility index (Phi) is 25.4. The van der Waals surface area contributed by atoms with Crippen LogP contribution in [0.25, 0.3) is 0 Å². The maximum atomic E-state index is 13.9. The van der Waals surface area contributed by atoms with Crippen LogP contribution in [0.2, 0.25) is 0 Å². The molecule has 6 saturated heterocycles. The van der Waals surface area contributed by atoms with Crippen molar-refractivity contribution in [3.63, 3.8) is 0 Å². The normalized spacial score (nSPS) is 44.4. The van der Waals surface area contributed by atoms with Gasteiger partial charge in [-0.3, -0.25) is 14.4 Å². The highest BCUT2D eigenvalue weighted by Crippen LogP contribution is 2.39. The summed E-state index contributed by atoms with van der Waals surface area (Å²) in [6, 6.07) is 0. The molecule has 26 atom stereocenters. The van der Waals surface area contributed by atoms with Crippen molar-refractivity contribution in [3.05, 3.63) is 0 Å². The maximum absolute atomic E-state index is 13.9. The highest BCUT2D eigenvalue weighted by atomic mass is 16.8. The molecule has 0 aromatic rings. The number of aliphatic hydroxyl groups excluding tert-OH is 9. The van der Waals surface area contributed by atoms with Crippen molar-refractivity contribution < 1.29 is 122 Å². The molecule has 0 aromatic carbocycles. The summed E-state index contributed by atoms with van der Waals surface area (Å²) in [5.74, 6) is -3.67. The zero-order chi connectivity index (χ0) is 58.0. The minimum Gasteiger partial charge on any atom is -0.457 e. The average molecular weight is 1140 g/mol. The predicted molar refractivity (Wildman–Crippen MR) is 271 cm³/mol. The lowest BCUT2D eigenvalue weighted by Crippen LogP contribution is -2.68. The molecule has 6 aliphatic rings. The first-order chi connectivity index (χ1) is 37.5. The second-order valence-corrected chi connectivity index (χ2v) is 22.7. The van der Waals surface area contributed by atoms with E-state index in [1.807, 2.05) is 0 Å². The minimum atomic E-state index is -2.02. The SMILES string of the molecule is CCCCC[C@H]1CCCCCCCCCC(=O)O[C@H]2[C@@H](O)[C@H](O[C@H]3[C@H](O1)O[C@H](C)[C@H](O)[C@@H]3O)O[C@@H](C)[C@@H]2O[C@@H]1O[C@@H](C)[C@H](O[C@@H]2O[C@@H](C)[C@H](OC(=O)C(C)C)[C@@H](O)[C@H]2O)[C@@H](O[C@@H]2O[C@H](CO)[C@@H](O)[C@H](O)[C@H]2O)[C@H]1OC(=O)C(C)C. The number of ether oxygens (including phenoxy) is 13. The highest BCUT2D eigenvalue weighted by Gasteiger charge is 2.59. The number of hydrogen-bond acceptors (Lipinski definition) is 25. The van der Waals surface area contributed by atoms with Gasteiger partial charge in [0.25, 0.3) is 0 Å². The van der Waals surface area contributed by atoms with Gasteiger partial charge in [0.2, 0.25) is 0 Å². The quantitative estimate of drug-likeness (QED) is 0.0617. The van der Waals surface area contributed by atoms with Crippen molar-refractivity contribution in [1.29, 1.82) is 0 Å². The molecule has 0 saturated carbocycles. The van der Waals surface area contributed by atoms with Crippen molar-refractivity contribution in [1.82, 2.24) is 0 Å². The van der Waals surface area contributed by atoms with Gasteiger partial charge in [0.05, 0.1) is 49.0 Å². The van der Waals surface area contributed by atoms with Gasteiger partial charge in [-0.25, -0.2) is 0 Å². The molecule has 2 bridgehead atoms. The van der Waals surface area contributed by atoms with E-state index in [0.717, 1.165) is 57.8 Å². The molecular weight excluding hydrogens is 1050 g/mol. The van der Waals surface area contributed by atoms with Crippen LogP contribution in [0.3, 0.4) is 0 Å². The molecule has 9 N–H and O–H groups in total. The lowest BCUT2D eigenvalue weighted by atomic mass is 9.95. The molecule has 0 aromatic heterocycles. The number of aliphatic hydroxyl groups is 9. The Morgan fingerprint density at radius 1 is 0.506 bits per heavy atom. The average Bonchev–Trinajstić information content (AvgIpc) is 3.50. The third-order valence-corrected chi connectivity index (χ3v) is 15.6. The Morgan fingerprint density at radius 2 is 1.05 bits per heavy atom. The van der Waals surface area contributed by atoms with Gasteiger partial charge < -0.3 is 108 Å². The van der Waals surface area contributed by atoms with Crippen molar-refractivity contribution in [2.24, 2.45) is 11.8 Å². The van der Waals surface area contributed by atoms with Gasteiger partial charge in [-0.15, -0.1) is 0 Å². The Balaban J connectivity index is 1.36. The summed E-state index contributed by atoms with van der Waals surface area (Å²) in [5, 5.41) is 101. The number of carbonyl (C=O) groups is 3. The van der Waals surface area contributed by atoms with Gasteiger partial charge in [-0.2, -0.15) is 0 Å². The Bertz CT molecular complexity index is 1860. The Labute approximate surface area is 462 Å². The number of fused-ring (bicyclic) bond motifs is 3. The molecule has 0 radical (unpaired) electrons. The Morgan fingerprint density at radius 3 is 1.70 bits per heavy atom. The van der Waals surface area contributed by atoms with Gasteiger partial charge in [-0.05, 0) is 47.0 Å². The van der Waals surface area contributed by atoms with E-state index in [0.29, 0.717) is 19.3 Å². The number of carbonyl (C=O) groups excluding carboxylic acids is 3. The first kappa shape index (κ1) is 65.8. The third-order valence-electron chi connectivity index (χ3n) is 15.6. The van der Waals surface area contributed by atoms with Gasteiger partial charge in [-0.1, -0.05) is 92.4 Å². The summed E-state index contributed by atoms with van der Waals surface area (Å²) in [7, 11) is 0. The van der Waals surface area contributed by atoms with Crippen LogP contribution in [-0.2, 0) is 76.0 Å². The monoisotopic (exact) mass is 1140 g/mol.